The summed E-state index contributed by atoms with van der Waals surface area (Å²) >= 11 is 0. The molecule has 22 heavy (non-hydrogen) atoms. The van der Waals surface area contributed by atoms with E-state index in [4.69, 9.17) is 0 Å². The molecule has 2 N–H and O–H groups in total. The van der Waals surface area contributed by atoms with E-state index in [0.29, 0.717) is 17.8 Å². The molecule has 0 unspecified atom stereocenters. The molecular formula is C17H18N4O. The first-order valence-electron chi connectivity index (χ1n) is 7.43. The molecule has 1 aliphatic heterocycles. The van der Waals surface area contributed by atoms with Crippen molar-refractivity contribution in [3.8, 4) is 0 Å². The summed E-state index contributed by atoms with van der Waals surface area (Å²) in [7, 11) is 0. The van der Waals surface area contributed by atoms with E-state index in [0.717, 1.165) is 29.9 Å². The number of carbonyl (C=O) groups is 1. The third-order valence-corrected chi connectivity index (χ3v) is 3.55. The fraction of sp³-hybridized carbons (Fsp3) is 0.235. The minimum Gasteiger partial charge on any atom is -0.385 e. The van der Waals surface area contributed by atoms with Gasteiger partial charge in [-0.2, -0.15) is 10.2 Å². The molecule has 2 aromatic carbocycles. The molecule has 3 rings (SSSR count). The Balaban J connectivity index is 1.77. The maximum Gasteiger partial charge on any atom is 0.251 e. The van der Waals surface area contributed by atoms with Crippen molar-refractivity contribution in [1.82, 2.24) is 5.32 Å². The molecule has 2 aromatic rings. The summed E-state index contributed by atoms with van der Waals surface area (Å²) in [6, 6.07) is 13.4. The van der Waals surface area contributed by atoms with Crippen molar-refractivity contribution in [2.75, 3.05) is 18.4 Å². The molecule has 0 fully saturated rings. The van der Waals surface area contributed by atoms with E-state index in [1.165, 1.54) is 0 Å². The highest BCUT2D eigenvalue weighted by Crippen LogP contribution is 2.24. The van der Waals surface area contributed by atoms with Crippen molar-refractivity contribution in [3.63, 3.8) is 0 Å². The van der Waals surface area contributed by atoms with Gasteiger partial charge >= 0.3 is 0 Å². The molecule has 0 atom stereocenters. The van der Waals surface area contributed by atoms with Gasteiger partial charge in [-0.15, -0.1) is 0 Å². The second-order valence-electron chi connectivity index (χ2n) is 5.12. The lowest BCUT2D eigenvalue weighted by atomic mass is 10.00. The first-order valence-corrected chi connectivity index (χ1v) is 7.43. The number of hydrogen-bond acceptors (Lipinski definition) is 4. The molecule has 112 valence electrons. The summed E-state index contributed by atoms with van der Waals surface area (Å²) < 4.78 is 0. The van der Waals surface area contributed by atoms with Gasteiger partial charge in [0, 0.05) is 24.3 Å². The number of nitrogens with zero attached hydrogens (tertiary/aromatic N) is 2. The van der Waals surface area contributed by atoms with E-state index in [-0.39, 0.29) is 5.91 Å². The molecule has 1 aliphatic rings. The molecule has 0 saturated carbocycles. The quantitative estimate of drug-likeness (QED) is 0.842. The molecule has 0 radical (unpaired) electrons. The molecule has 0 saturated heterocycles. The molecule has 1 amide bonds. The van der Waals surface area contributed by atoms with Gasteiger partial charge in [0.25, 0.3) is 5.91 Å². The summed E-state index contributed by atoms with van der Waals surface area (Å²) in [5, 5.41) is 14.5. The number of benzene rings is 2. The van der Waals surface area contributed by atoms with Crippen molar-refractivity contribution < 1.29 is 4.79 Å². The summed E-state index contributed by atoms with van der Waals surface area (Å²) in [4.78, 5) is 11.8. The molecule has 0 bridgehead atoms. The summed E-state index contributed by atoms with van der Waals surface area (Å²) in [6.07, 6.45) is 0.865. The number of fused-ring (bicyclic) bond motifs is 1. The maximum atomic E-state index is 11.8. The summed E-state index contributed by atoms with van der Waals surface area (Å²) in [5.41, 5.74) is 4.30. The highest BCUT2D eigenvalue weighted by atomic mass is 16.1. The number of anilines is 1. The van der Waals surface area contributed by atoms with Gasteiger partial charge in [-0.25, -0.2) is 0 Å². The number of hydrogen-bond donors (Lipinski definition) is 2. The standard InChI is InChI=1S/C17H18N4O/c1-2-18-13-5-7-14(8-6-13)20-21-15-4-3-12-9-10-19-17(22)16(12)11-15/h3-8,11,18H,2,9-10H2,1H3,(H,19,22). The van der Waals surface area contributed by atoms with Gasteiger partial charge in [0.05, 0.1) is 11.4 Å². The van der Waals surface area contributed by atoms with Crippen LogP contribution in [-0.2, 0) is 6.42 Å². The number of rotatable bonds is 4. The van der Waals surface area contributed by atoms with Gasteiger partial charge in [0.2, 0.25) is 0 Å². The van der Waals surface area contributed by atoms with Crippen LogP contribution in [0.15, 0.2) is 52.7 Å². The van der Waals surface area contributed by atoms with E-state index >= 15 is 0 Å². The largest absolute Gasteiger partial charge is 0.385 e. The summed E-state index contributed by atoms with van der Waals surface area (Å²) in [6.45, 7) is 3.64. The van der Waals surface area contributed by atoms with Crippen LogP contribution in [-0.4, -0.2) is 19.0 Å². The van der Waals surface area contributed by atoms with Crippen LogP contribution in [0.25, 0.3) is 0 Å². The second kappa shape index (κ2) is 6.39. The zero-order valence-corrected chi connectivity index (χ0v) is 12.5. The zero-order valence-electron chi connectivity index (χ0n) is 12.5. The fourth-order valence-electron chi connectivity index (χ4n) is 2.43. The molecular weight excluding hydrogens is 276 g/mol. The lowest BCUT2D eigenvalue weighted by Gasteiger charge is -2.15. The fourth-order valence-corrected chi connectivity index (χ4v) is 2.43. The number of carbonyl (C=O) groups excluding carboxylic acids is 1. The lowest BCUT2D eigenvalue weighted by molar-refractivity contribution is 0.0946. The lowest BCUT2D eigenvalue weighted by Crippen LogP contribution is -2.31. The number of azo groups is 1. The van der Waals surface area contributed by atoms with Gasteiger partial charge in [-0.05, 0) is 55.3 Å². The van der Waals surface area contributed by atoms with Gasteiger partial charge in [-0.3, -0.25) is 4.79 Å². The minimum atomic E-state index is -0.0340. The van der Waals surface area contributed by atoms with Crippen LogP contribution in [0.4, 0.5) is 17.1 Å². The van der Waals surface area contributed by atoms with Crippen molar-refractivity contribution >= 4 is 23.0 Å². The molecule has 0 aromatic heterocycles. The predicted molar refractivity (Wildman–Crippen MR) is 87.3 cm³/mol. The number of amides is 1. The Hall–Kier alpha value is -2.69. The molecule has 0 aliphatic carbocycles. The van der Waals surface area contributed by atoms with E-state index in [1.807, 2.05) is 36.4 Å². The van der Waals surface area contributed by atoms with E-state index in [2.05, 4.69) is 27.8 Å². The smallest absolute Gasteiger partial charge is 0.251 e. The van der Waals surface area contributed by atoms with Gasteiger partial charge < -0.3 is 10.6 Å². The van der Waals surface area contributed by atoms with Crippen molar-refractivity contribution in [2.45, 2.75) is 13.3 Å². The molecule has 5 heteroatoms. The normalized spacial score (nSPS) is 13.8. The Labute approximate surface area is 129 Å². The van der Waals surface area contributed by atoms with Crippen LogP contribution in [0.1, 0.15) is 22.8 Å². The Kier molecular flexibility index (Phi) is 4.14. The monoisotopic (exact) mass is 294 g/mol. The highest BCUT2D eigenvalue weighted by Gasteiger charge is 2.16. The summed E-state index contributed by atoms with van der Waals surface area (Å²) in [5.74, 6) is -0.0340. The Bertz CT molecular complexity index is 707. The Morgan fingerprint density at radius 1 is 1.09 bits per heavy atom. The van der Waals surface area contributed by atoms with E-state index < -0.39 is 0 Å². The minimum absolute atomic E-state index is 0.0340. The van der Waals surface area contributed by atoms with Gasteiger partial charge in [0.1, 0.15) is 0 Å². The average Bonchev–Trinajstić information content (AvgIpc) is 2.55. The third kappa shape index (κ3) is 3.14. The van der Waals surface area contributed by atoms with Crippen molar-refractivity contribution in [2.24, 2.45) is 10.2 Å². The van der Waals surface area contributed by atoms with Crippen LogP contribution in [0.2, 0.25) is 0 Å². The first kappa shape index (κ1) is 14.3. The highest BCUT2D eigenvalue weighted by molar-refractivity contribution is 5.97. The maximum absolute atomic E-state index is 11.8. The molecule has 0 spiro atoms. The molecule has 1 heterocycles. The van der Waals surface area contributed by atoms with Crippen LogP contribution < -0.4 is 10.6 Å². The van der Waals surface area contributed by atoms with Gasteiger partial charge in [0.15, 0.2) is 0 Å². The predicted octanol–water partition coefficient (Wildman–Crippen LogP) is 3.82. The van der Waals surface area contributed by atoms with Crippen LogP contribution in [0.5, 0.6) is 0 Å². The first-order chi connectivity index (χ1) is 10.8. The Morgan fingerprint density at radius 2 is 1.82 bits per heavy atom. The van der Waals surface area contributed by atoms with Crippen LogP contribution in [0.3, 0.4) is 0 Å². The van der Waals surface area contributed by atoms with Crippen molar-refractivity contribution in [1.29, 1.82) is 0 Å². The van der Waals surface area contributed by atoms with Crippen LogP contribution >= 0.6 is 0 Å². The third-order valence-electron chi connectivity index (χ3n) is 3.55. The van der Waals surface area contributed by atoms with E-state index in [9.17, 15) is 4.79 Å². The molecule has 5 nitrogen and oxygen atoms in total. The average molecular weight is 294 g/mol. The zero-order chi connectivity index (χ0) is 15.4. The topological polar surface area (TPSA) is 65.8 Å². The van der Waals surface area contributed by atoms with Crippen LogP contribution in [0, 0.1) is 0 Å². The SMILES string of the molecule is CCNc1ccc(N=Nc2ccc3c(c2)C(=O)NCC3)cc1. The van der Waals surface area contributed by atoms with Gasteiger partial charge in [-0.1, -0.05) is 6.07 Å². The Morgan fingerprint density at radius 3 is 2.59 bits per heavy atom. The van der Waals surface area contributed by atoms with Crippen molar-refractivity contribution in [3.05, 3.63) is 53.6 Å². The second-order valence-corrected chi connectivity index (χ2v) is 5.12. The van der Waals surface area contributed by atoms with E-state index in [1.54, 1.807) is 6.07 Å². The number of nitrogens with one attached hydrogen (secondary N) is 2.